The van der Waals surface area contributed by atoms with Crippen LogP contribution in [0.2, 0.25) is 0 Å². The van der Waals surface area contributed by atoms with Gasteiger partial charge in [-0.25, -0.2) is 0 Å². The zero-order valence-corrected chi connectivity index (χ0v) is 12.0. The molecule has 0 radical (unpaired) electrons. The monoisotopic (exact) mass is 283 g/mol. The molecule has 7 heteroatoms. The molecule has 2 fully saturated rings. The zero-order chi connectivity index (χ0) is 14.9. The number of piperazine rings is 1. The van der Waals surface area contributed by atoms with E-state index in [1.54, 1.807) is 4.90 Å². The molecular weight excluding hydrogens is 262 g/mol. The topological polar surface area (TPSA) is 87.7 Å². The number of carbonyl (C=O) groups excluding carboxylic acids is 3. The van der Waals surface area contributed by atoms with E-state index in [-0.39, 0.29) is 36.3 Å². The Hall–Kier alpha value is -1.63. The first-order valence-electron chi connectivity index (χ1n) is 6.85. The first kappa shape index (κ1) is 14.8. The molecule has 3 atom stereocenters. The van der Waals surface area contributed by atoms with Crippen molar-refractivity contribution in [1.82, 2.24) is 15.5 Å². The smallest absolute Gasteiger partial charge is 0.246 e. The number of fused-ring (bicyclic) bond motifs is 1. The minimum absolute atomic E-state index is 0.0482. The molecule has 3 amide bonds. The molecule has 2 heterocycles. The van der Waals surface area contributed by atoms with Crippen LogP contribution in [-0.2, 0) is 19.1 Å². The molecule has 0 unspecified atom stereocenters. The first-order chi connectivity index (χ1) is 9.45. The standard InChI is InChI=1S/C13H21N3O4/c1-7(2)10-13(19)16-5-4-8(11(16)12(18)15-10)14-9(17)6-20-3/h7-8,10-11H,4-6H2,1-3H3,(H,14,17)(H,15,18)/t8-,10+,11-/m0/s1. The highest BCUT2D eigenvalue weighted by Crippen LogP contribution is 2.24. The third kappa shape index (κ3) is 2.63. The summed E-state index contributed by atoms with van der Waals surface area (Å²) < 4.78 is 4.75. The van der Waals surface area contributed by atoms with Crippen molar-refractivity contribution in [2.45, 2.75) is 38.4 Å². The lowest BCUT2D eigenvalue weighted by Gasteiger charge is -2.37. The van der Waals surface area contributed by atoms with Gasteiger partial charge in [-0.15, -0.1) is 0 Å². The molecule has 20 heavy (non-hydrogen) atoms. The molecule has 0 aliphatic carbocycles. The summed E-state index contributed by atoms with van der Waals surface area (Å²) in [5.74, 6) is -0.475. The van der Waals surface area contributed by atoms with Crippen LogP contribution in [-0.4, -0.2) is 61.0 Å². The Morgan fingerprint density at radius 1 is 1.50 bits per heavy atom. The normalized spacial score (nSPS) is 29.4. The van der Waals surface area contributed by atoms with E-state index in [1.807, 2.05) is 13.8 Å². The van der Waals surface area contributed by atoms with Crippen LogP contribution in [0.15, 0.2) is 0 Å². The van der Waals surface area contributed by atoms with Crippen molar-refractivity contribution < 1.29 is 19.1 Å². The Kier molecular flexibility index (Phi) is 4.27. The summed E-state index contributed by atoms with van der Waals surface area (Å²) in [6, 6.07) is -1.40. The van der Waals surface area contributed by atoms with Gasteiger partial charge in [0, 0.05) is 13.7 Å². The highest BCUT2D eigenvalue weighted by Gasteiger charge is 2.49. The second-order valence-corrected chi connectivity index (χ2v) is 5.60. The highest BCUT2D eigenvalue weighted by molar-refractivity contribution is 5.98. The molecule has 2 aliphatic heterocycles. The van der Waals surface area contributed by atoms with E-state index in [0.29, 0.717) is 13.0 Å². The van der Waals surface area contributed by atoms with E-state index >= 15 is 0 Å². The van der Waals surface area contributed by atoms with Crippen molar-refractivity contribution in [3.63, 3.8) is 0 Å². The Balaban J connectivity index is 2.08. The predicted octanol–water partition coefficient (Wildman–Crippen LogP) is -1.13. The number of nitrogens with one attached hydrogen (secondary N) is 2. The van der Waals surface area contributed by atoms with Crippen molar-refractivity contribution in [1.29, 1.82) is 0 Å². The number of hydrogen-bond donors (Lipinski definition) is 2. The third-order valence-electron chi connectivity index (χ3n) is 3.80. The van der Waals surface area contributed by atoms with Crippen LogP contribution in [0.3, 0.4) is 0 Å². The number of nitrogens with zero attached hydrogens (tertiary/aromatic N) is 1. The fourth-order valence-electron chi connectivity index (χ4n) is 2.83. The van der Waals surface area contributed by atoms with Crippen molar-refractivity contribution in [2.75, 3.05) is 20.3 Å². The van der Waals surface area contributed by atoms with E-state index in [1.165, 1.54) is 7.11 Å². The van der Waals surface area contributed by atoms with E-state index in [4.69, 9.17) is 4.74 Å². The summed E-state index contributed by atoms with van der Waals surface area (Å²) in [4.78, 5) is 37.7. The fraction of sp³-hybridized carbons (Fsp3) is 0.769. The molecule has 0 aromatic carbocycles. The Morgan fingerprint density at radius 2 is 2.20 bits per heavy atom. The van der Waals surface area contributed by atoms with Crippen LogP contribution in [0.25, 0.3) is 0 Å². The fourth-order valence-corrected chi connectivity index (χ4v) is 2.83. The molecule has 2 rings (SSSR count). The SMILES string of the molecule is COCC(=O)N[C@H]1CCN2C(=O)[C@@H](C(C)C)NC(=O)[C@H]12. The largest absolute Gasteiger partial charge is 0.375 e. The van der Waals surface area contributed by atoms with Crippen LogP contribution < -0.4 is 10.6 Å². The number of methoxy groups -OCH3 is 1. The van der Waals surface area contributed by atoms with Gasteiger partial charge in [0.15, 0.2) is 0 Å². The minimum Gasteiger partial charge on any atom is -0.375 e. The molecule has 0 saturated carbocycles. The van der Waals surface area contributed by atoms with Gasteiger partial charge in [-0.05, 0) is 12.3 Å². The van der Waals surface area contributed by atoms with Crippen LogP contribution in [0.5, 0.6) is 0 Å². The molecular formula is C13H21N3O4. The first-order valence-corrected chi connectivity index (χ1v) is 6.85. The van der Waals surface area contributed by atoms with Crippen LogP contribution in [0.4, 0.5) is 0 Å². The van der Waals surface area contributed by atoms with Gasteiger partial charge in [0.25, 0.3) is 0 Å². The van der Waals surface area contributed by atoms with E-state index in [2.05, 4.69) is 10.6 Å². The number of carbonyl (C=O) groups is 3. The van der Waals surface area contributed by atoms with Gasteiger partial charge in [-0.3, -0.25) is 14.4 Å². The van der Waals surface area contributed by atoms with Crippen LogP contribution in [0, 0.1) is 5.92 Å². The van der Waals surface area contributed by atoms with Gasteiger partial charge < -0.3 is 20.3 Å². The maximum Gasteiger partial charge on any atom is 0.246 e. The molecule has 0 bridgehead atoms. The summed E-state index contributed by atoms with van der Waals surface area (Å²) in [7, 11) is 1.44. The van der Waals surface area contributed by atoms with Crippen molar-refractivity contribution in [3.8, 4) is 0 Å². The van der Waals surface area contributed by atoms with Crippen molar-refractivity contribution >= 4 is 17.7 Å². The average Bonchev–Trinajstić information content (AvgIpc) is 2.78. The minimum atomic E-state index is -0.599. The quantitative estimate of drug-likeness (QED) is 0.683. The third-order valence-corrected chi connectivity index (χ3v) is 3.80. The van der Waals surface area contributed by atoms with E-state index in [9.17, 15) is 14.4 Å². The summed E-state index contributed by atoms with van der Waals surface area (Å²) in [5, 5.41) is 5.51. The molecule has 7 nitrogen and oxygen atoms in total. The van der Waals surface area contributed by atoms with Crippen LogP contribution in [0.1, 0.15) is 20.3 Å². The Labute approximate surface area is 118 Å². The Morgan fingerprint density at radius 3 is 2.80 bits per heavy atom. The van der Waals surface area contributed by atoms with Gasteiger partial charge in [-0.1, -0.05) is 13.8 Å². The lowest BCUT2D eigenvalue weighted by Crippen LogP contribution is -2.66. The van der Waals surface area contributed by atoms with Crippen LogP contribution >= 0.6 is 0 Å². The average molecular weight is 283 g/mol. The van der Waals surface area contributed by atoms with E-state index in [0.717, 1.165) is 0 Å². The summed E-state index contributed by atoms with van der Waals surface area (Å²) in [6.45, 7) is 4.25. The van der Waals surface area contributed by atoms with Gasteiger partial charge >= 0.3 is 0 Å². The molecule has 0 aromatic rings. The lowest BCUT2D eigenvalue weighted by atomic mass is 9.97. The number of ether oxygens (including phenoxy) is 1. The maximum absolute atomic E-state index is 12.3. The van der Waals surface area contributed by atoms with Gasteiger partial charge in [0.05, 0.1) is 6.04 Å². The predicted molar refractivity (Wildman–Crippen MR) is 70.7 cm³/mol. The van der Waals surface area contributed by atoms with Crippen molar-refractivity contribution in [2.24, 2.45) is 5.92 Å². The molecule has 0 aromatic heterocycles. The highest BCUT2D eigenvalue weighted by atomic mass is 16.5. The van der Waals surface area contributed by atoms with Crippen molar-refractivity contribution in [3.05, 3.63) is 0 Å². The van der Waals surface area contributed by atoms with Gasteiger partial charge in [-0.2, -0.15) is 0 Å². The second kappa shape index (κ2) is 5.78. The lowest BCUT2D eigenvalue weighted by molar-refractivity contribution is -0.149. The molecule has 2 aliphatic rings. The summed E-state index contributed by atoms with van der Waals surface area (Å²) in [6.07, 6.45) is 0.587. The van der Waals surface area contributed by atoms with Gasteiger partial charge in [0.2, 0.25) is 17.7 Å². The zero-order valence-electron chi connectivity index (χ0n) is 12.0. The molecule has 112 valence electrons. The number of amides is 3. The number of hydrogen-bond acceptors (Lipinski definition) is 4. The summed E-state index contributed by atoms with van der Waals surface area (Å²) >= 11 is 0. The maximum atomic E-state index is 12.3. The molecule has 0 spiro atoms. The van der Waals surface area contributed by atoms with E-state index < -0.39 is 12.1 Å². The van der Waals surface area contributed by atoms with Gasteiger partial charge in [0.1, 0.15) is 18.7 Å². The summed E-state index contributed by atoms with van der Waals surface area (Å²) in [5.41, 5.74) is 0. The Bertz CT molecular complexity index is 424. The molecule has 2 saturated heterocycles. The second-order valence-electron chi connectivity index (χ2n) is 5.60. The molecule has 2 N–H and O–H groups in total. The number of rotatable bonds is 4.